The van der Waals surface area contributed by atoms with Gasteiger partial charge in [0.2, 0.25) is 0 Å². The first-order valence-electron chi connectivity index (χ1n) is 6.61. The Morgan fingerprint density at radius 1 is 1.42 bits per heavy atom. The van der Waals surface area contributed by atoms with Crippen molar-refractivity contribution in [1.82, 2.24) is 0 Å². The van der Waals surface area contributed by atoms with Crippen LogP contribution >= 0.6 is 0 Å². The minimum absolute atomic E-state index is 0.461. The molecule has 4 nitrogen and oxygen atoms in total. The van der Waals surface area contributed by atoms with E-state index < -0.39 is 11.4 Å². The first-order valence-corrected chi connectivity index (χ1v) is 6.61. The maximum Gasteiger partial charge on any atom is 0.311 e. The lowest BCUT2D eigenvalue weighted by Gasteiger charge is -2.38. The van der Waals surface area contributed by atoms with Gasteiger partial charge in [0.05, 0.1) is 18.2 Å². The van der Waals surface area contributed by atoms with Crippen molar-refractivity contribution < 1.29 is 14.6 Å². The molecule has 2 N–H and O–H groups in total. The van der Waals surface area contributed by atoms with Crippen LogP contribution in [-0.4, -0.2) is 24.7 Å². The number of carbonyl (C=O) groups is 1. The van der Waals surface area contributed by atoms with Crippen LogP contribution in [0.2, 0.25) is 0 Å². The second-order valence-electron chi connectivity index (χ2n) is 5.45. The summed E-state index contributed by atoms with van der Waals surface area (Å²) in [5.74, 6) is 0.0762. The number of hydrogen-bond donors (Lipinski definition) is 2. The van der Waals surface area contributed by atoms with Crippen LogP contribution < -0.4 is 10.1 Å². The Kier molecular flexibility index (Phi) is 3.69. The number of benzene rings is 1. The van der Waals surface area contributed by atoms with Gasteiger partial charge in [-0.05, 0) is 43.9 Å². The number of aliphatic carboxylic acids is 1. The van der Waals surface area contributed by atoms with Crippen molar-refractivity contribution in [2.75, 3.05) is 19.0 Å². The fraction of sp³-hybridized carbons (Fsp3) is 0.533. The van der Waals surface area contributed by atoms with E-state index in [0.29, 0.717) is 6.54 Å². The number of anilines is 1. The minimum atomic E-state index is -0.699. The van der Waals surface area contributed by atoms with E-state index >= 15 is 0 Å². The SMILES string of the molecule is COc1cc(C)cc(C)c1NCC1(C(=O)O)CCC1. The van der Waals surface area contributed by atoms with Gasteiger partial charge in [-0.2, -0.15) is 0 Å². The van der Waals surface area contributed by atoms with Gasteiger partial charge in [-0.1, -0.05) is 12.5 Å². The number of carboxylic acid groups (broad SMARTS) is 1. The highest BCUT2D eigenvalue weighted by molar-refractivity contribution is 5.77. The lowest BCUT2D eigenvalue weighted by atomic mass is 9.68. The molecule has 1 aliphatic carbocycles. The van der Waals surface area contributed by atoms with Crippen LogP contribution in [0.3, 0.4) is 0 Å². The average Bonchev–Trinajstić information content (AvgIpc) is 2.28. The molecule has 1 aromatic rings. The van der Waals surface area contributed by atoms with Crippen LogP contribution in [0.25, 0.3) is 0 Å². The molecule has 0 amide bonds. The topological polar surface area (TPSA) is 58.6 Å². The summed E-state index contributed by atoms with van der Waals surface area (Å²) in [5.41, 5.74) is 2.52. The van der Waals surface area contributed by atoms with Gasteiger partial charge < -0.3 is 15.2 Å². The highest BCUT2D eigenvalue weighted by atomic mass is 16.5. The molecule has 104 valence electrons. The van der Waals surface area contributed by atoms with E-state index in [2.05, 4.69) is 11.4 Å². The summed E-state index contributed by atoms with van der Waals surface area (Å²) >= 11 is 0. The summed E-state index contributed by atoms with van der Waals surface area (Å²) in [4.78, 5) is 11.3. The Bertz CT molecular complexity index is 492. The van der Waals surface area contributed by atoms with Gasteiger partial charge in [0.25, 0.3) is 0 Å². The van der Waals surface area contributed by atoms with Gasteiger partial charge in [0.15, 0.2) is 0 Å². The van der Waals surface area contributed by atoms with Gasteiger partial charge in [0, 0.05) is 6.54 Å². The number of aryl methyl sites for hydroxylation is 2. The van der Waals surface area contributed by atoms with Gasteiger partial charge >= 0.3 is 5.97 Å². The molecule has 0 aliphatic heterocycles. The molecule has 0 saturated heterocycles. The minimum Gasteiger partial charge on any atom is -0.495 e. The van der Waals surface area contributed by atoms with Crippen molar-refractivity contribution in [2.24, 2.45) is 5.41 Å². The normalized spacial score (nSPS) is 16.6. The highest BCUT2D eigenvalue weighted by Gasteiger charge is 2.44. The Labute approximate surface area is 113 Å². The molecule has 1 aliphatic rings. The van der Waals surface area contributed by atoms with E-state index in [1.54, 1.807) is 7.11 Å². The second kappa shape index (κ2) is 5.11. The van der Waals surface area contributed by atoms with E-state index in [1.807, 2.05) is 19.9 Å². The van der Waals surface area contributed by atoms with Gasteiger partial charge in [-0.3, -0.25) is 4.79 Å². The number of ether oxygens (including phenoxy) is 1. The second-order valence-corrected chi connectivity index (χ2v) is 5.45. The lowest BCUT2D eigenvalue weighted by Crippen LogP contribution is -2.43. The van der Waals surface area contributed by atoms with Crippen LogP contribution in [0.15, 0.2) is 12.1 Å². The van der Waals surface area contributed by atoms with Crippen molar-refractivity contribution in [3.8, 4) is 5.75 Å². The molecule has 1 fully saturated rings. The maximum atomic E-state index is 11.3. The molecule has 0 aromatic heterocycles. The maximum absolute atomic E-state index is 11.3. The van der Waals surface area contributed by atoms with Gasteiger partial charge in [0.1, 0.15) is 5.75 Å². The van der Waals surface area contributed by atoms with Crippen LogP contribution in [0.5, 0.6) is 5.75 Å². The number of methoxy groups -OCH3 is 1. The van der Waals surface area contributed by atoms with Crippen molar-refractivity contribution in [2.45, 2.75) is 33.1 Å². The van der Waals surface area contributed by atoms with Crippen LogP contribution in [0.1, 0.15) is 30.4 Å². The number of carboxylic acids is 1. The van der Waals surface area contributed by atoms with Crippen molar-refractivity contribution in [3.05, 3.63) is 23.3 Å². The summed E-state index contributed by atoms with van der Waals surface area (Å²) in [6.07, 6.45) is 2.50. The van der Waals surface area contributed by atoms with E-state index in [9.17, 15) is 9.90 Å². The van der Waals surface area contributed by atoms with Crippen LogP contribution in [0.4, 0.5) is 5.69 Å². The van der Waals surface area contributed by atoms with Crippen LogP contribution in [-0.2, 0) is 4.79 Å². The van der Waals surface area contributed by atoms with Crippen LogP contribution in [0, 0.1) is 19.3 Å². The van der Waals surface area contributed by atoms with E-state index in [4.69, 9.17) is 4.74 Å². The third-order valence-corrected chi connectivity index (χ3v) is 4.03. The Morgan fingerprint density at radius 2 is 2.11 bits per heavy atom. The quantitative estimate of drug-likeness (QED) is 0.857. The molecule has 0 unspecified atom stereocenters. The number of hydrogen-bond acceptors (Lipinski definition) is 3. The van der Waals surface area contributed by atoms with Crippen molar-refractivity contribution in [3.63, 3.8) is 0 Å². The summed E-state index contributed by atoms with van der Waals surface area (Å²) < 4.78 is 5.37. The molecular weight excluding hydrogens is 242 g/mol. The molecule has 19 heavy (non-hydrogen) atoms. The summed E-state index contributed by atoms with van der Waals surface area (Å²) in [6.45, 7) is 4.48. The fourth-order valence-corrected chi connectivity index (χ4v) is 2.64. The average molecular weight is 263 g/mol. The predicted molar refractivity (Wildman–Crippen MR) is 74.9 cm³/mol. The van der Waals surface area contributed by atoms with Crippen molar-refractivity contribution in [1.29, 1.82) is 0 Å². The summed E-state index contributed by atoms with van der Waals surface area (Å²) in [5, 5.41) is 12.6. The summed E-state index contributed by atoms with van der Waals surface area (Å²) in [7, 11) is 1.63. The molecule has 1 saturated carbocycles. The lowest BCUT2D eigenvalue weighted by molar-refractivity contribution is -0.153. The predicted octanol–water partition coefficient (Wildman–Crippen LogP) is 2.98. The fourth-order valence-electron chi connectivity index (χ4n) is 2.64. The first kappa shape index (κ1) is 13.7. The molecule has 0 spiro atoms. The van der Waals surface area contributed by atoms with E-state index in [1.165, 1.54) is 0 Å². The smallest absolute Gasteiger partial charge is 0.311 e. The van der Waals surface area contributed by atoms with E-state index in [0.717, 1.165) is 41.8 Å². The molecule has 0 heterocycles. The summed E-state index contributed by atoms with van der Waals surface area (Å²) in [6, 6.07) is 4.03. The third-order valence-electron chi connectivity index (χ3n) is 4.03. The highest BCUT2D eigenvalue weighted by Crippen LogP contribution is 2.42. The zero-order valence-corrected chi connectivity index (χ0v) is 11.7. The van der Waals surface area contributed by atoms with E-state index in [-0.39, 0.29) is 0 Å². The molecule has 0 radical (unpaired) electrons. The molecule has 0 bridgehead atoms. The molecule has 0 atom stereocenters. The van der Waals surface area contributed by atoms with Crippen molar-refractivity contribution >= 4 is 11.7 Å². The Balaban J connectivity index is 2.17. The molecule has 2 rings (SSSR count). The third kappa shape index (κ3) is 2.53. The first-order chi connectivity index (χ1) is 8.98. The molecular formula is C15H21NO3. The monoisotopic (exact) mass is 263 g/mol. The molecule has 1 aromatic carbocycles. The number of nitrogens with one attached hydrogen (secondary N) is 1. The zero-order chi connectivity index (χ0) is 14.0. The largest absolute Gasteiger partial charge is 0.495 e. The standard InChI is InChI=1S/C15H21NO3/c1-10-7-11(2)13(12(8-10)19-3)16-9-15(14(17)18)5-4-6-15/h7-8,16H,4-6,9H2,1-3H3,(H,17,18). The number of rotatable bonds is 5. The molecule has 4 heteroatoms. The van der Waals surface area contributed by atoms with Gasteiger partial charge in [-0.25, -0.2) is 0 Å². The Hall–Kier alpha value is -1.71. The van der Waals surface area contributed by atoms with Gasteiger partial charge in [-0.15, -0.1) is 0 Å². The Morgan fingerprint density at radius 3 is 2.58 bits per heavy atom. The zero-order valence-electron chi connectivity index (χ0n) is 11.7.